The fraction of sp³-hybridized carbons (Fsp3) is 0.278. The Morgan fingerprint density at radius 3 is 2.73 bits per heavy atom. The minimum absolute atomic E-state index is 0.215. The van der Waals surface area contributed by atoms with Gasteiger partial charge < -0.3 is 9.47 Å². The molecule has 0 N–H and O–H groups in total. The molecule has 0 saturated heterocycles. The van der Waals surface area contributed by atoms with E-state index in [1.807, 2.05) is 24.3 Å². The maximum absolute atomic E-state index is 11.0. The molecule has 3 rings (SSSR count). The Morgan fingerprint density at radius 1 is 1.18 bits per heavy atom. The van der Waals surface area contributed by atoms with E-state index in [-0.39, 0.29) is 11.9 Å². The van der Waals surface area contributed by atoms with Crippen LogP contribution < -0.4 is 4.74 Å². The van der Waals surface area contributed by atoms with E-state index in [9.17, 15) is 4.79 Å². The molecule has 0 radical (unpaired) electrons. The summed E-state index contributed by atoms with van der Waals surface area (Å²) in [7, 11) is 0. The smallest absolute Gasteiger partial charge is 0.302 e. The molecule has 1 unspecified atom stereocenters. The molecular weight excluding hydrogens is 296 g/mol. The van der Waals surface area contributed by atoms with E-state index in [1.165, 1.54) is 12.5 Å². The molecule has 3 nitrogen and oxygen atoms in total. The second-order valence-corrected chi connectivity index (χ2v) is 6.35. The fourth-order valence-corrected chi connectivity index (χ4v) is 3.47. The van der Waals surface area contributed by atoms with Crippen molar-refractivity contribution in [1.82, 2.24) is 0 Å². The van der Waals surface area contributed by atoms with Gasteiger partial charge in [0.1, 0.15) is 11.5 Å². The van der Waals surface area contributed by atoms with E-state index in [4.69, 9.17) is 9.47 Å². The molecular formula is C18H18O3S. The van der Waals surface area contributed by atoms with E-state index in [0.717, 1.165) is 27.7 Å². The van der Waals surface area contributed by atoms with Gasteiger partial charge in [-0.15, -0.1) is 0 Å². The van der Waals surface area contributed by atoms with Crippen molar-refractivity contribution in [3.05, 3.63) is 48.0 Å². The third kappa shape index (κ3) is 3.12. The van der Waals surface area contributed by atoms with Crippen molar-refractivity contribution in [1.29, 1.82) is 0 Å². The van der Waals surface area contributed by atoms with Crippen molar-refractivity contribution in [2.75, 3.05) is 6.61 Å². The van der Waals surface area contributed by atoms with Gasteiger partial charge >= 0.3 is 5.97 Å². The van der Waals surface area contributed by atoms with Crippen LogP contribution in [0.15, 0.2) is 52.3 Å². The highest BCUT2D eigenvalue weighted by atomic mass is 32.2. The number of esters is 1. The first-order valence-electron chi connectivity index (χ1n) is 7.39. The van der Waals surface area contributed by atoms with Crippen molar-refractivity contribution >= 4 is 17.7 Å². The average Bonchev–Trinajstić information content (AvgIpc) is 2.53. The number of hydrogen-bond donors (Lipinski definition) is 0. The minimum Gasteiger partial charge on any atom is -0.465 e. The zero-order valence-corrected chi connectivity index (χ0v) is 13.5. The predicted molar refractivity (Wildman–Crippen MR) is 86.7 cm³/mol. The molecule has 0 amide bonds. The van der Waals surface area contributed by atoms with Gasteiger partial charge in [0.25, 0.3) is 0 Å². The average molecular weight is 314 g/mol. The molecule has 0 saturated carbocycles. The third-order valence-corrected chi connectivity index (χ3v) is 4.80. The van der Waals surface area contributed by atoms with Crippen molar-refractivity contribution in [3.8, 4) is 11.5 Å². The minimum atomic E-state index is -0.233. The zero-order chi connectivity index (χ0) is 15.5. The van der Waals surface area contributed by atoms with Gasteiger partial charge in [0, 0.05) is 12.8 Å². The Balaban J connectivity index is 1.84. The highest BCUT2D eigenvalue weighted by Gasteiger charge is 2.20. The number of rotatable bonds is 4. The van der Waals surface area contributed by atoms with Crippen LogP contribution in [0.2, 0.25) is 0 Å². The molecule has 2 aromatic carbocycles. The fourth-order valence-electron chi connectivity index (χ4n) is 2.47. The summed E-state index contributed by atoms with van der Waals surface area (Å²) in [6.45, 7) is 3.97. The standard InChI is InChI=1S/C18H18O3S/c1-3-13(11-20-12(2)19)14-8-9-16-18(10-14)22-17-7-5-4-6-15(17)21-16/h4-10,13H,3,11H2,1-2H3. The summed E-state index contributed by atoms with van der Waals surface area (Å²) < 4.78 is 11.1. The summed E-state index contributed by atoms with van der Waals surface area (Å²) in [6, 6.07) is 14.2. The molecule has 1 aliphatic heterocycles. The van der Waals surface area contributed by atoms with Crippen molar-refractivity contribution in [2.45, 2.75) is 36.0 Å². The van der Waals surface area contributed by atoms with Crippen LogP contribution >= 0.6 is 11.8 Å². The summed E-state index contributed by atoms with van der Waals surface area (Å²) >= 11 is 1.72. The number of benzene rings is 2. The Hall–Kier alpha value is -1.94. The van der Waals surface area contributed by atoms with E-state index in [2.05, 4.69) is 25.1 Å². The van der Waals surface area contributed by atoms with Gasteiger partial charge in [-0.05, 0) is 36.2 Å². The lowest BCUT2D eigenvalue weighted by Crippen LogP contribution is -2.10. The molecule has 1 heterocycles. The topological polar surface area (TPSA) is 35.5 Å². The number of fused-ring (bicyclic) bond motifs is 2. The Bertz CT molecular complexity index is 696. The zero-order valence-electron chi connectivity index (χ0n) is 12.7. The first-order valence-corrected chi connectivity index (χ1v) is 8.21. The molecule has 1 aliphatic rings. The van der Waals surface area contributed by atoms with Crippen LogP contribution in [0.5, 0.6) is 11.5 Å². The van der Waals surface area contributed by atoms with E-state index >= 15 is 0 Å². The number of carbonyl (C=O) groups is 1. The normalized spacial score (nSPS) is 13.5. The van der Waals surface area contributed by atoms with Crippen molar-refractivity contribution < 1.29 is 14.3 Å². The molecule has 4 heteroatoms. The van der Waals surface area contributed by atoms with Crippen LogP contribution in [0.1, 0.15) is 31.7 Å². The number of ether oxygens (including phenoxy) is 2. The molecule has 0 aromatic heterocycles. The van der Waals surface area contributed by atoms with Crippen LogP contribution in [-0.2, 0) is 9.53 Å². The van der Waals surface area contributed by atoms with Crippen molar-refractivity contribution in [3.63, 3.8) is 0 Å². The SMILES string of the molecule is CCC(COC(C)=O)c1ccc2c(c1)Sc1ccccc1O2. The summed E-state index contributed by atoms with van der Waals surface area (Å²) in [5, 5.41) is 0. The molecule has 22 heavy (non-hydrogen) atoms. The van der Waals surface area contributed by atoms with Gasteiger partial charge in [-0.1, -0.05) is 36.9 Å². The van der Waals surface area contributed by atoms with E-state index in [0.29, 0.717) is 6.61 Å². The lowest BCUT2D eigenvalue weighted by atomic mass is 9.97. The van der Waals surface area contributed by atoms with E-state index in [1.54, 1.807) is 11.8 Å². The van der Waals surface area contributed by atoms with Gasteiger partial charge in [-0.3, -0.25) is 4.79 Å². The highest BCUT2D eigenvalue weighted by molar-refractivity contribution is 7.99. The van der Waals surface area contributed by atoms with Crippen LogP contribution in [0.4, 0.5) is 0 Å². The number of carbonyl (C=O) groups excluding carboxylic acids is 1. The first kappa shape index (κ1) is 15.0. The Labute approximate surface area is 134 Å². The summed E-state index contributed by atoms with van der Waals surface area (Å²) in [5.41, 5.74) is 1.18. The molecule has 114 valence electrons. The maximum Gasteiger partial charge on any atom is 0.302 e. The Morgan fingerprint density at radius 2 is 1.95 bits per heavy atom. The molecule has 2 aromatic rings. The van der Waals surface area contributed by atoms with Gasteiger partial charge in [-0.2, -0.15) is 0 Å². The Kier molecular flexibility index (Phi) is 4.39. The van der Waals surface area contributed by atoms with Crippen LogP contribution in [0, 0.1) is 0 Å². The van der Waals surface area contributed by atoms with Gasteiger partial charge in [0.2, 0.25) is 0 Å². The maximum atomic E-state index is 11.0. The quantitative estimate of drug-likeness (QED) is 0.635. The summed E-state index contributed by atoms with van der Waals surface area (Å²) in [4.78, 5) is 13.3. The van der Waals surface area contributed by atoms with E-state index < -0.39 is 0 Å². The van der Waals surface area contributed by atoms with Gasteiger partial charge in [0.05, 0.1) is 16.4 Å². The van der Waals surface area contributed by atoms with Crippen LogP contribution in [0.25, 0.3) is 0 Å². The monoisotopic (exact) mass is 314 g/mol. The first-order chi connectivity index (χ1) is 10.7. The lowest BCUT2D eigenvalue weighted by molar-refractivity contribution is -0.141. The predicted octanol–water partition coefficient (Wildman–Crippen LogP) is 5.00. The molecule has 1 atom stereocenters. The number of para-hydroxylation sites is 1. The number of hydrogen-bond acceptors (Lipinski definition) is 4. The summed E-state index contributed by atoms with van der Waals surface area (Å²) in [5.74, 6) is 1.77. The second-order valence-electron chi connectivity index (χ2n) is 5.26. The third-order valence-electron chi connectivity index (χ3n) is 3.71. The van der Waals surface area contributed by atoms with Gasteiger partial charge in [0.15, 0.2) is 0 Å². The van der Waals surface area contributed by atoms with Gasteiger partial charge in [-0.25, -0.2) is 0 Å². The molecule has 0 bridgehead atoms. The molecule has 0 aliphatic carbocycles. The highest BCUT2D eigenvalue weighted by Crippen LogP contribution is 2.47. The van der Waals surface area contributed by atoms with Crippen LogP contribution in [-0.4, -0.2) is 12.6 Å². The summed E-state index contributed by atoms with van der Waals surface area (Å²) in [6.07, 6.45) is 0.925. The molecule has 0 spiro atoms. The van der Waals surface area contributed by atoms with Crippen LogP contribution in [0.3, 0.4) is 0 Å². The largest absolute Gasteiger partial charge is 0.465 e. The second kappa shape index (κ2) is 6.44. The molecule has 0 fully saturated rings. The van der Waals surface area contributed by atoms with Crippen molar-refractivity contribution in [2.24, 2.45) is 0 Å². The lowest BCUT2D eigenvalue weighted by Gasteiger charge is -2.22.